The van der Waals surface area contributed by atoms with Crippen LogP contribution in [0.2, 0.25) is 0 Å². The Kier molecular flexibility index (Phi) is 9.70. The van der Waals surface area contributed by atoms with E-state index in [1.165, 1.54) is 11.8 Å². The number of benzene rings is 2. The summed E-state index contributed by atoms with van der Waals surface area (Å²) >= 11 is 0. The number of aromatic nitrogens is 2. The fraction of sp³-hybridized carbons (Fsp3) is 0.379. The van der Waals surface area contributed by atoms with Crippen molar-refractivity contribution in [2.75, 3.05) is 22.5 Å². The molecule has 0 aliphatic heterocycles. The third-order valence-electron chi connectivity index (χ3n) is 5.29. The molecular weight excluding hydrogens is 498 g/mol. The Morgan fingerprint density at radius 2 is 1.74 bits per heavy atom. The lowest BCUT2D eigenvalue weighted by atomic mass is 10.1. The van der Waals surface area contributed by atoms with Crippen LogP contribution >= 0.6 is 0 Å². The van der Waals surface area contributed by atoms with Gasteiger partial charge in [-0.15, -0.1) is 4.73 Å². The number of hydrogen-bond donors (Lipinski definition) is 3. The number of carbonyl (C=O) groups is 2. The van der Waals surface area contributed by atoms with Gasteiger partial charge < -0.3 is 20.2 Å². The van der Waals surface area contributed by atoms with Gasteiger partial charge in [0.15, 0.2) is 5.82 Å². The summed E-state index contributed by atoms with van der Waals surface area (Å²) in [7, 11) is 0. The first kappa shape index (κ1) is 29.2. The predicted octanol–water partition coefficient (Wildman–Crippen LogP) is 5.10. The van der Waals surface area contributed by atoms with Gasteiger partial charge in [0.2, 0.25) is 0 Å². The minimum atomic E-state index is -0.684. The molecule has 10 nitrogen and oxygen atoms in total. The van der Waals surface area contributed by atoms with E-state index in [9.17, 15) is 14.4 Å². The third kappa shape index (κ3) is 8.87. The maximum atomic E-state index is 13.2. The van der Waals surface area contributed by atoms with Crippen LogP contribution in [0.3, 0.4) is 0 Å². The van der Waals surface area contributed by atoms with Crippen molar-refractivity contribution in [3.8, 4) is 11.3 Å². The highest BCUT2D eigenvalue weighted by molar-refractivity contribution is 5.87. The molecule has 3 aromatic rings. The van der Waals surface area contributed by atoms with Crippen LogP contribution in [0.4, 0.5) is 22.0 Å². The van der Waals surface area contributed by atoms with Crippen molar-refractivity contribution in [2.45, 2.75) is 66.0 Å². The first-order valence-corrected chi connectivity index (χ1v) is 13.0. The summed E-state index contributed by atoms with van der Waals surface area (Å²) < 4.78 is 6.35. The van der Waals surface area contributed by atoms with Crippen LogP contribution < -0.4 is 26.3 Å². The average molecular weight is 536 g/mol. The zero-order valence-corrected chi connectivity index (χ0v) is 23.3. The number of ether oxygens (including phenoxy) is 1. The summed E-state index contributed by atoms with van der Waals surface area (Å²) in [5, 5.41) is 9.10. The molecule has 0 unspecified atom stereocenters. The normalized spacial score (nSPS) is 11.2. The molecule has 0 bridgehead atoms. The second-order valence-electron chi connectivity index (χ2n) is 10.3. The van der Waals surface area contributed by atoms with Gasteiger partial charge in [0.1, 0.15) is 11.3 Å². The van der Waals surface area contributed by atoms with Crippen molar-refractivity contribution in [3.63, 3.8) is 0 Å². The summed E-state index contributed by atoms with van der Waals surface area (Å²) in [6.07, 6.45) is 1.68. The molecule has 0 aliphatic carbocycles. The molecule has 3 N–H and O–H groups in total. The maximum absolute atomic E-state index is 13.2. The predicted molar refractivity (Wildman–Crippen MR) is 153 cm³/mol. The first-order valence-electron chi connectivity index (χ1n) is 13.0. The second-order valence-corrected chi connectivity index (χ2v) is 10.3. The van der Waals surface area contributed by atoms with Crippen LogP contribution in [0.5, 0.6) is 0 Å². The zero-order valence-electron chi connectivity index (χ0n) is 23.3. The smallest absolute Gasteiger partial charge is 0.412 e. The van der Waals surface area contributed by atoms with Gasteiger partial charge in [-0.3, -0.25) is 10.1 Å². The van der Waals surface area contributed by atoms with E-state index in [-0.39, 0.29) is 24.0 Å². The van der Waals surface area contributed by atoms with E-state index in [1.807, 2.05) is 44.2 Å². The summed E-state index contributed by atoms with van der Waals surface area (Å²) in [6, 6.07) is 15.2. The Balaban J connectivity index is 2.03. The average Bonchev–Trinajstić information content (AvgIpc) is 2.85. The molecule has 39 heavy (non-hydrogen) atoms. The number of nitrogens with zero attached hydrogens (tertiary/aromatic N) is 2. The van der Waals surface area contributed by atoms with Crippen molar-refractivity contribution in [1.82, 2.24) is 9.71 Å². The highest BCUT2D eigenvalue weighted by Crippen LogP contribution is 2.27. The molecule has 10 heteroatoms. The van der Waals surface area contributed by atoms with E-state index in [2.05, 4.69) is 20.9 Å². The third-order valence-corrected chi connectivity index (χ3v) is 5.29. The minimum absolute atomic E-state index is 0.0573. The molecule has 0 fully saturated rings. The molecule has 0 saturated heterocycles. The van der Waals surface area contributed by atoms with Crippen LogP contribution in [0.1, 0.15) is 53.5 Å². The Hall–Kier alpha value is -4.34. The van der Waals surface area contributed by atoms with Crippen molar-refractivity contribution in [2.24, 2.45) is 0 Å². The summed E-state index contributed by atoms with van der Waals surface area (Å²) in [5.41, 5.74) is 1.73. The molecule has 1 amide bonds. The molecule has 0 aliphatic rings. The van der Waals surface area contributed by atoms with Crippen LogP contribution in [-0.2, 0) is 16.0 Å². The zero-order chi connectivity index (χ0) is 28.6. The first-order chi connectivity index (χ1) is 18.4. The molecule has 0 radical (unpaired) electrons. The molecule has 0 spiro atoms. The van der Waals surface area contributed by atoms with Gasteiger partial charge in [-0.05, 0) is 64.8 Å². The minimum Gasteiger partial charge on any atom is -0.444 e. The van der Waals surface area contributed by atoms with Gasteiger partial charge in [0.05, 0.1) is 6.20 Å². The number of nitrogens with one attached hydrogen (secondary N) is 3. The van der Waals surface area contributed by atoms with Gasteiger partial charge in [-0.25, -0.2) is 14.6 Å². The largest absolute Gasteiger partial charge is 0.444 e. The van der Waals surface area contributed by atoms with E-state index in [4.69, 9.17) is 9.57 Å². The lowest BCUT2D eigenvalue weighted by Gasteiger charge is -2.20. The SMILES string of the molecule is CCC(=O)On1c(-c2cc(NCCc3ccccc3)cc(NC(=O)OC(C)(C)C)c2)cnc(NC(C)C)c1=O. The van der Waals surface area contributed by atoms with E-state index < -0.39 is 23.2 Å². The second kappa shape index (κ2) is 12.9. The molecule has 1 aromatic heterocycles. The van der Waals surface area contributed by atoms with Gasteiger partial charge in [0.25, 0.3) is 0 Å². The van der Waals surface area contributed by atoms with Crippen molar-refractivity contribution in [1.29, 1.82) is 0 Å². The van der Waals surface area contributed by atoms with Gasteiger partial charge >= 0.3 is 17.6 Å². The molecule has 1 heterocycles. The van der Waals surface area contributed by atoms with Crippen LogP contribution in [0.25, 0.3) is 11.3 Å². The Morgan fingerprint density at radius 1 is 1.05 bits per heavy atom. The highest BCUT2D eigenvalue weighted by atomic mass is 16.7. The standard InChI is InChI=1S/C29H37N5O5/c1-7-25(35)39-34-24(18-31-26(27(34)36)32-19(2)3)21-15-22(30-14-13-20-11-9-8-10-12-20)17-23(16-21)33-28(37)38-29(4,5)6/h8-12,15-19,30H,7,13-14H2,1-6H3,(H,31,32)(H,33,37). The lowest BCUT2D eigenvalue weighted by molar-refractivity contribution is -0.144. The molecule has 0 saturated carbocycles. The highest BCUT2D eigenvalue weighted by Gasteiger charge is 2.20. The van der Waals surface area contributed by atoms with Gasteiger partial charge in [-0.1, -0.05) is 37.3 Å². The van der Waals surface area contributed by atoms with E-state index in [1.54, 1.807) is 45.9 Å². The molecular formula is C29H37N5O5. The summed E-state index contributed by atoms with van der Waals surface area (Å²) in [5.74, 6) is -0.522. The van der Waals surface area contributed by atoms with E-state index in [0.717, 1.165) is 11.2 Å². The van der Waals surface area contributed by atoms with E-state index >= 15 is 0 Å². The van der Waals surface area contributed by atoms with Crippen molar-refractivity contribution in [3.05, 3.63) is 70.6 Å². The Bertz CT molecular complexity index is 1350. The Morgan fingerprint density at radius 3 is 2.38 bits per heavy atom. The van der Waals surface area contributed by atoms with Gasteiger partial charge in [0, 0.05) is 35.9 Å². The number of hydrogen-bond acceptors (Lipinski definition) is 8. The Labute approximate surface area is 228 Å². The number of amides is 1. The van der Waals surface area contributed by atoms with E-state index in [0.29, 0.717) is 23.5 Å². The van der Waals surface area contributed by atoms with Gasteiger partial charge in [-0.2, -0.15) is 0 Å². The number of anilines is 3. The van der Waals surface area contributed by atoms with Crippen LogP contribution in [-0.4, -0.2) is 40.0 Å². The van der Waals surface area contributed by atoms with Crippen molar-refractivity contribution < 1.29 is 19.2 Å². The maximum Gasteiger partial charge on any atom is 0.412 e. The molecule has 2 aromatic carbocycles. The summed E-state index contributed by atoms with van der Waals surface area (Å²) in [4.78, 5) is 47.7. The van der Waals surface area contributed by atoms with Crippen LogP contribution in [0.15, 0.2) is 59.5 Å². The van der Waals surface area contributed by atoms with Crippen molar-refractivity contribution >= 4 is 29.3 Å². The monoisotopic (exact) mass is 535 g/mol. The fourth-order valence-corrected chi connectivity index (χ4v) is 3.63. The number of rotatable bonds is 10. The quantitative estimate of drug-likeness (QED) is 0.328. The molecule has 208 valence electrons. The van der Waals surface area contributed by atoms with Crippen LogP contribution in [0, 0.1) is 0 Å². The lowest BCUT2D eigenvalue weighted by Crippen LogP contribution is -2.35. The summed E-state index contributed by atoms with van der Waals surface area (Å²) in [6.45, 7) is 11.3. The molecule has 0 atom stereocenters. The topological polar surface area (TPSA) is 124 Å². The molecule has 3 rings (SSSR count). The fourth-order valence-electron chi connectivity index (χ4n) is 3.63. The number of carbonyl (C=O) groups excluding carboxylic acids is 2.